The van der Waals surface area contributed by atoms with Crippen molar-refractivity contribution in [2.75, 3.05) is 9.80 Å². The first-order chi connectivity index (χ1) is 37.7. The molecule has 11 aromatic carbocycles. The Kier molecular flexibility index (Phi) is 9.77. The summed E-state index contributed by atoms with van der Waals surface area (Å²) >= 11 is 0. The van der Waals surface area contributed by atoms with Crippen molar-refractivity contribution in [3.63, 3.8) is 0 Å². The quantitative estimate of drug-likeness (QED) is 0.166. The molecule has 0 saturated carbocycles. The van der Waals surface area contributed by atoms with Crippen LogP contribution in [0.2, 0.25) is 0 Å². The summed E-state index contributed by atoms with van der Waals surface area (Å²) in [6, 6.07) is 74.9. The highest BCUT2D eigenvalue weighted by molar-refractivity contribution is 6.22. The average molecular weight is 1010 g/mol. The van der Waals surface area contributed by atoms with Crippen molar-refractivity contribution in [2.45, 2.75) is 71.6 Å². The van der Waals surface area contributed by atoms with E-state index >= 15 is 0 Å². The van der Waals surface area contributed by atoms with Gasteiger partial charge in [0.1, 0.15) is 22.3 Å². The Labute approximate surface area is 453 Å². The van der Waals surface area contributed by atoms with Crippen molar-refractivity contribution in [1.82, 2.24) is 0 Å². The lowest BCUT2D eigenvalue weighted by Crippen LogP contribution is -2.15. The van der Waals surface area contributed by atoms with Crippen LogP contribution in [0.5, 0.6) is 0 Å². The van der Waals surface area contributed by atoms with Gasteiger partial charge in [0.05, 0.1) is 11.4 Å². The Bertz CT molecular complexity index is 4790. The van der Waals surface area contributed by atoms with Gasteiger partial charge in [0.15, 0.2) is 11.2 Å². The van der Waals surface area contributed by atoms with Crippen LogP contribution in [0.4, 0.5) is 34.1 Å². The number of para-hydroxylation sites is 6. The molecule has 5 nitrogen and oxygen atoms in total. The number of anilines is 6. The zero-order chi connectivity index (χ0) is 53.0. The van der Waals surface area contributed by atoms with Gasteiger partial charge in [-0.3, -0.25) is 0 Å². The van der Waals surface area contributed by atoms with Crippen molar-refractivity contribution in [2.24, 2.45) is 0 Å². The van der Waals surface area contributed by atoms with Crippen LogP contribution in [0.3, 0.4) is 0 Å². The summed E-state index contributed by atoms with van der Waals surface area (Å²) in [6.45, 7) is 18.3. The van der Waals surface area contributed by atoms with Gasteiger partial charge in [0, 0.05) is 77.0 Å². The van der Waals surface area contributed by atoms with Gasteiger partial charge >= 0.3 is 0 Å². The molecule has 0 atom stereocenters. The summed E-state index contributed by atoms with van der Waals surface area (Å²) < 4.78 is 21.0. The molecule has 15 rings (SSSR count). The Morgan fingerprint density at radius 3 is 1.37 bits per heavy atom. The van der Waals surface area contributed by atoms with Gasteiger partial charge in [-0.05, 0) is 128 Å². The second kappa shape index (κ2) is 16.5. The van der Waals surface area contributed by atoms with E-state index < -0.39 is 0 Å². The first-order valence-corrected chi connectivity index (χ1v) is 27.3. The lowest BCUT2D eigenvalue weighted by atomic mass is 9.80. The summed E-state index contributed by atoms with van der Waals surface area (Å²) in [4.78, 5) is 4.68. The van der Waals surface area contributed by atoms with Crippen LogP contribution < -0.4 is 9.80 Å². The van der Waals surface area contributed by atoms with E-state index in [-0.39, 0.29) is 16.2 Å². The minimum absolute atomic E-state index is 0.0765. The number of nitrogens with zero attached hydrogens (tertiary/aromatic N) is 2. The van der Waals surface area contributed by atoms with E-state index in [9.17, 15) is 0 Å². The molecule has 0 spiro atoms. The molecule has 14 aromatic rings. The lowest BCUT2D eigenvalue weighted by Gasteiger charge is -2.27. The smallest absolute Gasteiger partial charge is 0.159 e. The average Bonchev–Trinajstić information content (AvgIpc) is 4.18. The summed E-state index contributed by atoms with van der Waals surface area (Å²) in [5.41, 5.74) is 18.8. The largest absolute Gasteiger partial charge is 0.455 e. The molecule has 0 unspecified atom stereocenters. The van der Waals surface area contributed by atoms with Gasteiger partial charge < -0.3 is 23.1 Å². The van der Waals surface area contributed by atoms with E-state index in [1.54, 1.807) is 0 Å². The second-order valence-electron chi connectivity index (χ2n) is 24.0. The molecule has 1 aliphatic rings. The van der Waals surface area contributed by atoms with Gasteiger partial charge in [-0.25, -0.2) is 0 Å². The minimum Gasteiger partial charge on any atom is -0.455 e. The van der Waals surface area contributed by atoms with Crippen LogP contribution in [0, 0.1) is 0 Å². The van der Waals surface area contributed by atoms with Crippen LogP contribution in [0.1, 0.15) is 77.6 Å². The molecule has 0 radical (unpaired) electrons. The lowest BCUT2D eigenvalue weighted by molar-refractivity contribution is 0.572. The molecule has 78 heavy (non-hydrogen) atoms. The monoisotopic (exact) mass is 1010 g/mol. The van der Waals surface area contributed by atoms with E-state index in [1.165, 1.54) is 44.2 Å². The standard InChI is InChI=1S/C73H58N2O3/c1-71(2,3)58-27-15-23-51-53-25-17-29-60(69(53)77-67(51)58)74(45-19-11-9-12-20-45)47-33-37-49-43(41-47)31-35-55-63-57(73(7,8)65(49)55)39-40-62-64(63)56-36-32-44-42-48(34-38-50(44)66(56)76-62)75(46-21-13-10-14-22-46)61-30-18-26-54-52-24-16-28-59(72(4,5)6)68(52)78-70(54)61/h9-42H,1-8H3. The molecule has 1 aliphatic carbocycles. The maximum atomic E-state index is 7.02. The summed E-state index contributed by atoms with van der Waals surface area (Å²) in [7, 11) is 0. The fraction of sp³-hybridized carbons (Fsp3) is 0.151. The van der Waals surface area contributed by atoms with Crippen molar-refractivity contribution in [3.05, 3.63) is 229 Å². The SMILES string of the molecule is CC(C)(C)c1cccc2c1oc1c(N(c3ccccc3)c3ccc4c5c(ccc4c3)-c3c(ccc4oc6c7ccc(N(c8ccccc8)c8cccc9c8oc8c(C(C)(C)C)cccc89)cc7ccc6c34)C5(C)C)cccc12. The highest BCUT2D eigenvalue weighted by Gasteiger charge is 2.39. The molecular weight excluding hydrogens is 953 g/mol. The predicted molar refractivity (Wildman–Crippen MR) is 328 cm³/mol. The molecule has 3 aromatic heterocycles. The Balaban J connectivity index is 0.856. The number of hydrogen-bond acceptors (Lipinski definition) is 5. The number of furan rings is 3. The van der Waals surface area contributed by atoms with E-state index in [0.29, 0.717) is 0 Å². The number of hydrogen-bond donors (Lipinski definition) is 0. The fourth-order valence-corrected chi connectivity index (χ4v) is 13.2. The van der Waals surface area contributed by atoms with Gasteiger partial charge in [-0.15, -0.1) is 0 Å². The second-order valence-corrected chi connectivity index (χ2v) is 24.0. The van der Waals surface area contributed by atoms with E-state index in [0.717, 1.165) is 111 Å². The maximum absolute atomic E-state index is 7.02. The zero-order valence-corrected chi connectivity index (χ0v) is 45.2. The third kappa shape index (κ3) is 6.73. The third-order valence-corrected chi connectivity index (χ3v) is 16.8. The van der Waals surface area contributed by atoms with Crippen LogP contribution >= 0.6 is 0 Å². The number of benzene rings is 11. The van der Waals surface area contributed by atoms with Crippen molar-refractivity contribution in [1.29, 1.82) is 0 Å². The predicted octanol–water partition coefficient (Wildman–Crippen LogP) is 21.5. The molecule has 0 aliphatic heterocycles. The molecule has 0 amide bonds. The molecule has 3 heterocycles. The van der Waals surface area contributed by atoms with Gasteiger partial charge in [0.25, 0.3) is 0 Å². The molecular formula is C73H58N2O3. The van der Waals surface area contributed by atoms with Crippen LogP contribution in [-0.2, 0) is 16.2 Å². The minimum atomic E-state index is -0.281. The highest BCUT2D eigenvalue weighted by atomic mass is 16.3. The van der Waals surface area contributed by atoms with Crippen molar-refractivity contribution < 1.29 is 13.3 Å². The highest BCUT2D eigenvalue weighted by Crippen LogP contribution is 2.56. The van der Waals surface area contributed by atoms with E-state index in [2.05, 4.69) is 271 Å². The van der Waals surface area contributed by atoms with Crippen molar-refractivity contribution >= 4 is 121 Å². The normalized spacial score (nSPS) is 13.5. The number of fused-ring (bicyclic) bond motifs is 17. The molecule has 378 valence electrons. The van der Waals surface area contributed by atoms with Crippen LogP contribution in [0.15, 0.2) is 220 Å². The fourth-order valence-electron chi connectivity index (χ4n) is 13.2. The summed E-state index contributed by atoms with van der Waals surface area (Å²) in [6.07, 6.45) is 0. The van der Waals surface area contributed by atoms with Crippen LogP contribution in [0.25, 0.3) is 98.5 Å². The van der Waals surface area contributed by atoms with Crippen LogP contribution in [-0.4, -0.2) is 0 Å². The Morgan fingerprint density at radius 1 is 0.359 bits per heavy atom. The molecule has 0 fully saturated rings. The number of rotatable bonds is 6. The first-order valence-electron chi connectivity index (χ1n) is 27.3. The zero-order valence-electron chi connectivity index (χ0n) is 45.2. The van der Waals surface area contributed by atoms with E-state index in [4.69, 9.17) is 13.3 Å². The molecule has 0 saturated heterocycles. The van der Waals surface area contributed by atoms with E-state index in [1.807, 2.05) is 0 Å². The van der Waals surface area contributed by atoms with Crippen molar-refractivity contribution in [3.8, 4) is 11.1 Å². The topological polar surface area (TPSA) is 45.9 Å². The van der Waals surface area contributed by atoms with Gasteiger partial charge in [0.2, 0.25) is 0 Å². The molecule has 0 N–H and O–H groups in total. The summed E-state index contributed by atoms with van der Waals surface area (Å²) in [5.74, 6) is 0. The third-order valence-electron chi connectivity index (χ3n) is 16.8. The van der Waals surface area contributed by atoms with Gasteiger partial charge in [-0.2, -0.15) is 0 Å². The Hall–Kier alpha value is -9.06. The van der Waals surface area contributed by atoms with Gasteiger partial charge in [-0.1, -0.05) is 183 Å². The first kappa shape index (κ1) is 46.3. The molecule has 0 bridgehead atoms. The summed E-state index contributed by atoms with van der Waals surface area (Å²) in [5, 5.41) is 11.4. The molecule has 5 heteroatoms. The maximum Gasteiger partial charge on any atom is 0.159 e. The Morgan fingerprint density at radius 2 is 0.833 bits per heavy atom.